The molecule has 0 saturated carbocycles. The van der Waals surface area contributed by atoms with Gasteiger partial charge < -0.3 is 10.1 Å². The zero-order valence-electron chi connectivity index (χ0n) is 11.1. The Balaban J connectivity index is 1.60. The number of piperidine rings is 1. The van der Waals surface area contributed by atoms with Crippen LogP contribution in [0.3, 0.4) is 0 Å². The number of hydrogen-bond acceptors (Lipinski definition) is 4. The highest BCUT2D eigenvalue weighted by Crippen LogP contribution is 2.17. The maximum absolute atomic E-state index is 5.80. The van der Waals surface area contributed by atoms with Gasteiger partial charge in [-0.25, -0.2) is 0 Å². The van der Waals surface area contributed by atoms with Gasteiger partial charge in [0.2, 0.25) is 0 Å². The van der Waals surface area contributed by atoms with E-state index in [9.17, 15) is 0 Å². The molecule has 1 aliphatic rings. The van der Waals surface area contributed by atoms with Gasteiger partial charge >= 0.3 is 0 Å². The Kier molecular flexibility index (Phi) is 5.55. The molecule has 0 aliphatic carbocycles. The van der Waals surface area contributed by atoms with Crippen molar-refractivity contribution in [1.82, 2.24) is 15.3 Å². The van der Waals surface area contributed by atoms with E-state index in [1.54, 1.807) is 18.6 Å². The van der Waals surface area contributed by atoms with Crippen molar-refractivity contribution in [3.8, 4) is 0 Å². The fraction of sp³-hybridized carbons (Fsp3) is 0.714. The third-order valence-electron chi connectivity index (χ3n) is 3.52. The third kappa shape index (κ3) is 4.35. The molecule has 0 bridgehead atoms. The Morgan fingerprint density at radius 3 is 3.17 bits per heavy atom. The van der Waals surface area contributed by atoms with Crippen molar-refractivity contribution in [1.29, 1.82) is 0 Å². The molecule has 2 rings (SSSR count). The van der Waals surface area contributed by atoms with Gasteiger partial charge in [0.25, 0.3) is 0 Å². The van der Waals surface area contributed by atoms with Crippen LogP contribution < -0.4 is 5.32 Å². The van der Waals surface area contributed by atoms with Gasteiger partial charge in [-0.05, 0) is 51.6 Å². The summed E-state index contributed by atoms with van der Waals surface area (Å²) in [5.41, 5.74) is 0.914. The van der Waals surface area contributed by atoms with Gasteiger partial charge in [-0.1, -0.05) is 0 Å². The zero-order chi connectivity index (χ0) is 12.6. The first kappa shape index (κ1) is 13.4. The Morgan fingerprint density at radius 1 is 1.50 bits per heavy atom. The van der Waals surface area contributed by atoms with Crippen LogP contribution in [-0.4, -0.2) is 29.7 Å². The molecular weight excluding hydrogens is 226 g/mol. The molecule has 1 aromatic rings. The summed E-state index contributed by atoms with van der Waals surface area (Å²) in [4.78, 5) is 8.31. The summed E-state index contributed by atoms with van der Waals surface area (Å²) in [6.07, 6.45) is 10.3. The summed E-state index contributed by atoms with van der Waals surface area (Å²) in [6.45, 7) is 5.22. The van der Waals surface area contributed by atoms with Crippen molar-refractivity contribution < 1.29 is 4.74 Å². The molecule has 1 N–H and O–H groups in total. The quantitative estimate of drug-likeness (QED) is 0.786. The maximum atomic E-state index is 5.80. The van der Waals surface area contributed by atoms with E-state index in [-0.39, 0.29) is 6.10 Å². The molecule has 0 unspecified atom stereocenters. The smallest absolute Gasteiger partial charge is 0.0982 e. The molecule has 0 radical (unpaired) electrons. The van der Waals surface area contributed by atoms with Crippen molar-refractivity contribution in [2.24, 2.45) is 5.92 Å². The number of nitrogens with zero attached hydrogens (tertiary/aromatic N) is 2. The van der Waals surface area contributed by atoms with Crippen LogP contribution in [0.1, 0.15) is 44.4 Å². The highest BCUT2D eigenvalue weighted by atomic mass is 16.5. The van der Waals surface area contributed by atoms with Crippen LogP contribution in [0.2, 0.25) is 0 Å². The van der Waals surface area contributed by atoms with E-state index in [2.05, 4.69) is 15.3 Å². The summed E-state index contributed by atoms with van der Waals surface area (Å²) in [7, 11) is 0. The largest absolute Gasteiger partial charge is 0.372 e. The number of ether oxygens (including phenoxy) is 1. The monoisotopic (exact) mass is 249 g/mol. The average molecular weight is 249 g/mol. The van der Waals surface area contributed by atoms with Crippen LogP contribution in [0.4, 0.5) is 0 Å². The van der Waals surface area contributed by atoms with Crippen molar-refractivity contribution in [3.05, 3.63) is 24.3 Å². The molecule has 1 aromatic heterocycles. The highest BCUT2D eigenvalue weighted by Gasteiger charge is 2.13. The van der Waals surface area contributed by atoms with E-state index in [0.717, 1.165) is 24.6 Å². The van der Waals surface area contributed by atoms with Crippen LogP contribution in [-0.2, 0) is 4.74 Å². The fourth-order valence-corrected chi connectivity index (χ4v) is 2.41. The lowest BCUT2D eigenvalue weighted by Crippen LogP contribution is -2.29. The lowest BCUT2D eigenvalue weighted by molar-refractivity contribution is 0.0572. The maximum Gasteiger partial charge on any atom is 0.0982 e. The minimum absolute atomic E-state index is 0.0446. The van der Waals surface area contributed by atoms with Crippen molar-refractivity contribution in [3.63, 3.8) is 0 Å². The Morgan fingerprint density at radius 2 is 2.44 bits per heavy atom. The summed E-state index contributed by atoms with van der Waals surface area (Å²) in [6, 6.07) is 0. The Hall–Kier alpha value is -1.00. The van der Waals surface area contributed by atoms with E-state index in [4.69, 9.17) is 4.74 Å². The van der Waals surface area contributed by atoms with E-state index >= 15 is 0 Å². The fourth-order valence-electron chi connectivity index (χ4n) is 2.41. The van der Waals surface area contributed by atoms with E-state index in [0.29, 0.717) is 0 Å². The lowest BCUT2D eigenvalue weighted by Gasteiger charge is -2.22. The topological polar surface area (TPSA) is 47.0 Å². The Bertz CT molecular complexity index is 325. The summed E-state index contributed by atoms with van der Waals surface area (Å²) < 4.78 is 5.80. The number of hydrogen-bond donors (Lipinski definition) is 1. The van der Waals surface area contributed by atoms with Gasteiger partial charge in [-0.15, -0.1) is 0 Å². The van der Waals surface area contributed by atoms with Crippen molar-refractivity contribution in [2.45, 2.75) is 38.7 Å². The Labute approximate surface area is 109 Å². The summed E-state index contributed by atoms with van der Waals surface area (Å²) >= 11 is 0. The zero-order valence-corrected chi connectivity index (χ0v) is 11.1. The number of aromatic nitrogens is 2. The van der Waals surface area contributed by atoms with Crippen LogP contribution >= 0.6 is 0 Å². The standard InChI is InChI=1S/C14H23N3O/c1-12(14-11-16-7-8-17-14)18-9-3-5-13-4-2-6-15-10-13/h7-8,11-13,15H,2-6,9-10H2,1H3/t12-,13+/m1/s1. The second kappa shape index (κ2) is 7.44. The molecule has 1 saturated heterocycles. The summed E-state index contributed by atoms with van der Waals surface area (Å²) in [5.74, 6) is 0.842. The second-order valence-electron chi connectivity index (χ2n) is 5.00. The van der Waals surface area contributed by atoms with Gasteiger partial charge in [0.05, 0.1) is 18.0 Å². The first-order valence-electron chi connectivity index (χ1n) is 6.94. The van der Waals surface area contributed by atoms with Crippen LogP contribution in [0, 0.1) is 5.92 Å². The molecule has 1 fully saturated rings. The highest BCUT2D eigenvalue weighted by molar-refractivity contribution is 4.97. The average Bonchev–Trinajstić information content (AvgIpc) is 2.45. The van der Waals surface area contributed by atoms with Crippen LogP contribution in [0.15, 0.2) is 18.6 Å². The van der Waals surface area contributed by atoms with Crippen LogP contribution in [0.5, 0.6) is 0 Å². The van der Waals surface area contributed by atoms with E-state index < -0.39 is 0 Å². The van der Waals surface area contributed by atoms with Gasteiger partial charge in [-0.3, -0.25) is 9.97 Å². The van der Waals surface area contributed by atoms with Crippen molar-refractivity contribution in [2.75, 3.05) is 19.7 Å². The molecule has 2 atom stereocenters. The van der Waals surface area contributed by atoms with E-state index in [1.807, 2.05) is 6.92 Å². The molecule has 2 heterocycles. The number of nitrogens with one attached hydrogen (secondary N) is 1. The molecule has 4 heteroatoms. The molecule has 0 spiro atoms. The minimum atomic E-state index is 0.0446. The molecule has 4 nitrogen and oxygen atoms in total. The van der Waals surface area contributed by atoms with Crippen molar-refractivity contribution >= 4 is 0 Å². The molecule has 1 aliphatic heterocycles. The first-order valence-corrected chi connectivity index (χ1v) is 6.94. The normalized spacial score (nSPS) is 21.7. The van der Waals surface area contributed by atoms with Gasteiger partial charge in [-0.2, -0.15) is 0 Å². The predicted molar refractivity (Wildman–Crippen MR) is 71.2 cm³/mol. The molecular formula is C14H23N3O. The first-order chi connectivity index (χ1) is 8.86. The second-order valence-corrected chi connectivity index (χ2v) is 5.00. The molecule has 0 amide bonds. The SMILES string of the molecule is C[C@@H](OCCC[C@@H]1CCCNC1)c1cnccn1. The molecule has 0 aromatic carbocycles. The third-order valence-corrected chi connectivity index (χ3v) is 3.52. The summed E-state index contributed by atoms with van der Waals surface area (Å²) in [5, 5.41) is 3.45. The van der Waals surface area contributed by atoms with Gasteiger partial charge in [0, 0.05) is 19.0 Å². The van der Waals surface area contributed by atoms with Crippen LogP contribution in [0.25, 0.3) is 0 Å². The van der Waals surface area contributed by atoms with Gasteiger partial charge in [0.1, 0.15) is 0 Å². The minimum Gasteiger partial charge on any atom is -0.372 e. The van der Waals surface area contributed by atoms with Gasteiger partial charge in [0.15, 0.2) is 0 Å². The molecule has 100 valence electrons. The lowest BCUT2D eigenvalue weighted by atomic mass is 9.95. The number of rotatable bonds is 6. The predicted octanol–water partition coefficient (Wildman–Crippen LogP) is 2.33. The molecule has 18 heavy (non-hydrogen) atoms. The van der Waals surface area contributed by atoms with E-state index in [1.165, 1.54) is 32.4 Å².